The summed E-state index contributed by atoms with van der Waals surface area (Å²) in [4.78, 5) is 63.8. The van der Waals surface area contributed by atoms with Gasteiger partial charge in [-0.15, -0.1) is 11.3 Å². The Morgan fingerprint density at radius 2 is 1.56 bits per heavy atom. The molecule has 72 heavy (non-hydrogen) atoms. The third kappa shape index (κ3) is 12.5. The van der Waals surface area contributed by atoms with Crippen molar-refractivity contribution in [3.05, 3.63) is 119 Å². The minimum atomic E-state index is -4.80. The predicted octanol–water partition coefficient (Wildman–Crippen LogP) is 10.2. The largest absolute Gasteiger partial charge is 0.494 e. The Balaban J connectivity index is 0.00000418. The topological polar surface area (TPSA) is 157 Å². The molecule has 2 saturated heterocycles. The van der Waals surface area contributed by atoms with Crippen molar-refractivity contribution in [1.29, 1.82) is 5.26 Å². The average molecular weight is 1020 g/mol. The van der Waals surface area contributed by atoms with E-state index in [0.29, 0.717) is 50.4 Å². The lowest BCUT2D eigenvalue weighted by Gasteiger charge is -2.35. The van der Waals surface area contributed by atoms with Crippen LogP contribution in [0.4, 0.5) is 24.5 Å². The number of aryl methyl sites for hydroxylation is 1. The maximum absolute atomic E-state index is 14.0. The van der Waals surface area contributed by atoms with Crippen LogP contribution >= 0.6 is 23.6 Å². The van der Waals surface area contributed by atoms with Crippen molar-refractivity contribution in [3.63, 3.8) is 0 Å². The normalized spacial score (nSPS) is 15.9. The second kappa shape index (κ2) is 23.2. The van der Waals surface area contributed by atoms with E-state index >= 15 is 0 Å². The standard InChI is InChI=1S/C52H54F3N7O6S2.C2H6/c1-32-44(70-31-58-32)36-12-10-33(11-13-36)29-57-46(64)42-9-7-24-60(42)47(65)45(50(2,3)4)59-43(63)30-67-25-8-26-68-40-22-17-35(18-23-40)34-14-19-38(20-15-34)62-49(69)61(48(66)51(62,5)6)39-21-16-37(28-56)41(27-39)52(53,54)55;1-2/h10-23,27,31,42,45H,7-9,24-26,29-30H2,1-6H3,(H,57,64)(H,59,63);1-2H3. The molecule has 0 saturated carbocycles. The summed E-state index contributed by atoms with van der Waals surface area (Å²) in [5.74, 6) is -0.877. The highest BCUT2D eigenvalue weighted by atomic mass is 32.1. The van der Waals surface area contributed by atoms with Crippen LogP contribution in [-0.4, -0.2) is 82.6 Å². The summed E-state index contributed by atoms with van der Waals surface area (Å²) in [5.41, 5.74) is 3.43. The molecule has 2 unspecified atom stereocenters. The number of carbonyl (C=O) groups excluding carboxylic acids is 4. The monoisotopic (exact) mass is 1020 g/mol. The third-order valence-electron chi connectivity index (χ3n) is 12.3. The number of aromatic nitrogens is 1. The molecule has 13 nitrogen and oxygen atoms in total. The number of hydrogen-bond donors (Lipinski definition) is 2. The molecule has 2 fully saturated rings. The second-order valence-electron chi connectivity index (χ2n) is 18.7. The molecule has 0 bridgehead atoms. The number of benzene rings is 4. The van der Waals surface area contributed by atoms with Gasteiger partial charge in [0.1, 0.15) is 30.0 Å². The number of likely N-dealkylation sites (tertiary alicyclic amines) is 1. The van der Waals surface area contributed by atoms with Crippen LogP contribution in [0.15, 0.2) is 96.5 Å². The molecule has 2 atom stereocenters. The van der Waals surface area contributed by atoms with E-state index in [1.54, 1.807) is 53.2 Å². The molecule has 1 aromatic heterocycles. The number of thiazole rings is 1. The van der Waals surface area contributed by atoms with E-state index in [2.05, 4.69) is 15.6 Å². The predicted molar refractivity (Wildman–Crippen MR) is 277 cm³/mol. The fourth-order valence-corrected chi connectivity index (χ4v) is 9.84. The zero-order valence-corrected chi connectivity index (χ0v) is 43.3. The summed E-state index contributed by atoms with van der Waals surface area (Å²) < 4.78 is 52.9. The molecule has 7 rings (SSSR count). The van der Waals surface area contributed by atoms with Gasteiger partial charge in [0, 0.05) is 25.2 Å². The van der Waals surface area contributed by atoms with Crippen LogP contribution in [0.5, 0.6) is 5.75 Å². The molecule has 18 heteroatoms. The highest BCUT2D eigenvalue weighted by Gasteiger charge is 2.51. The van der Waals surface area contributed by atoms with E-state index in [9.17, 15) is 37.6 Å². The third-order valence-corrected chi connectivity index (χ3v) is 13.6. The molecule has 0 spiro atoms. The second-order valence-corrected chi connectivity index (χ2v) is 19.9. The fraction of sp³-hybridized carbons (Fsp3) is 0.389. The van der Waals surface area contributed by atoms with Gasteiger partial charge in [0.25, 0.3) is 5.91 Å². The van der Waals surface area contributed by atoms with Crippen LogP contribution in [0.2, 0.25) is 0 Å². The van der Waals surface area contributed by atoms with Crippen LogP contribution in [0.1, 0.15) is 90.1 Å². The molecule has 4 amide bonds. The molecular formula is C54H60F3N7O6S2. The molecule has 2 N–H and O–H groups in total. The molecular weight excluding hydrogens is 964 g/mol. The van der Waals surface area contributed by atoms with E-state index in [1.165, 1.54) is 6.07 Å². The smallest absolute Gasteiger partial charge is 0.417 e. The van der Waals surface area contributed by atoms with Crippen molar-refractivity contribution in [2.45, 2.75) is 105 Å². The summed E-state index contributed by atoms with van der Waals surface area (Å²) >= 11 is 7.25. The van der Waals surface area contributed by atoms with E-state index in [1.807, 2.05) is 108 Å². The van der Waals surface area contributed by atoms with E-state index in [4.69, 9.17) is 21.7 Å². The molecule has 0 radical (unpaired) electrons. The minimum absolute atomic E-state index is 0.00391. The van der Waals surface area contributed by atoms with Gasteiger partial charge in [-0.25, -0.2) is 4.98 Å². The van der Waals surface area contributed by atoms with Gasteiger partial charge in [-0.1, -0.05) is 83.1 Å². The maximum Gasteiger partial charge on any atom is 0.417 e. The van der Waals surface area contributed by atoms with Crippen molar-refractivity contribution in [2.75, 3.05) is 36.2 Å². The highest BCUT2D eigenvalue weighted by Crippen LogP contribution is 2.40. The Kier molecular flexibility index (Phi) is 17.6. The fourth-order valence-electron chi connectivity index (χ4n) is 8.50. The lowest BCUT2D eigenvalue weighted by atomic mass is 9.85. The minimum Gasteiger partial charge on any atom is -0.494 e. The Hall–Kier alpha value is -6.68. The van der Waals surface area contributed by atoms with Crippen LogP contribution in [0, 0.1) is 23.7 Å². The first-order valence-corrected chi connectivity index (χ1v) is 25.1. The summed E-state index contributed by atoms with van der Waals surface area (Å²) in [6, 6.07) is 25.8. The number of anilines is 2. The Labute approximate surface area is 428 Å². The number of halogens is 3. The Morgan fingerprint density at radius 1 is 0.931 bits per heavy atom. The van der Waals surface area contributed by atoms with Gasteiger partial charge in [0.05, 0.1) is 52.2 Å². The number of alkyl halides is 3. The highest BCUT2D eigenvalue weighted by molar-refractivity contribution is 7.81. The summed E-state index contributed by atoms with van der Waals surface area (Å²) in [7, 11) is 0. The van der Waals surface area contributed by atoms with Crippen molar-refractivity contribution in [3.8, 4) is 33.4 Å². The van der Waals surface area contributed by atoms with Gasteiger partial charge in [0.15, 0.2) is 5.11 Å². The summed E-state index contributed by atoms with van der Waals surface area (Å²) in [5, 5.41) is 15.1. The summed E-state index contributed by atoms with van der Waals surface area (Å²) in [6.45, 7) is 15.9. The zero-order valence-electron chi connectivity index (χ0n) is 41.7. The number of nitriles is 1. The van der Waals surface area contributed by atoms with Crippen LogP contribution in [-0.2, 0) is 36.6 Å². The zero-order chi connectivity index (χ0) is 52.5. The van der Waals surface area contributed by atoms with E-state index in [-0.39, 0.29) is 35.8 Å². The van der Waals surface area contributed by atoms with Gasteiger partial charge in [-0.2, -0.15) is 18.4 Å². The number of rotatable bonds is 16. The van der Waals surface area contributed by atoms with Gasteiger partial charge < -0.3 is 29.9 Å². The van der Waals surface area contributed by atoms with Gasteiger partial charge in [-0.3, -0.25) is 24.1 Å². The number of nitrogens with zero attached hydrogens (tertiary/aromatic N) is 5. The molecule has 2 aliphatic heterocycles. The number of amides is 4. The number of thiocarbonyl (C=S) groups is 1. The average Bonchev–Trinajstić information content (AvgIpc) is 4.07. The molecule has 380 valence electrons. The lowest BCUT2D eigenvalue weighted by molar-refractivity contribution is -0.144. The van der Waals surface area contributed by atoms with E-state index < -0.39 is 52.2 Å². The molecule has 3 heterocycles. The van der Waals surface area contributed by atoms with Gasteiger partial charge in [0.2, 0.25) is 17.7 Å². The number of hydrogen-bond acceptors (Lipinski definition) is 10. The maximum atomic E-state index is 14.0. The number of carbonyl (C=O) groups is 4. The van der Waals surface area contributed by atoms with Crippen molar-refractivity contribution in [2.24, 2.45) is 5.41 Å². The van der Waals surface area contributed by atoms with Gasteiger partial charge >= 0.3 is 6.18 Å². The SMILES string of the molecule is CC.Cc1ncsc1-c1ccc(CNC(=O)C2CCCN2C(=O)C(NC(=O)COCCCOc2ccc(-c3ccc(N4C(=S)N(c5ccc(C#N)c(C(F)(F)F)c5)C(=O)C4(C)C)cc3)cc2)C(C)(C)C)cc1. The number of nitrogens with one attached hydrogen (secondary N) is 2. The van der Waals surface area contributed by atoms with Crippen molar-refractivity contribution < 1.29 is 41.8 Å². The Morgan fingerprint density at radius 3 is 2.15 bits per heavy atom. The van der Waals surface area contributed by atoms with Crippen molar-refractivity contribution >= 4 is 63.7 Å². The van der Waals surface area contributed by atoms with Crippen LogP contribution in [0.25, 0.3) is 21.6 Å². The quantitative estimate of drug-likeness (QED) is 0.0720. The van der Waals surface area contributed by atoms with Crippen molar-refractivity contribution in [1.82, 2.24) is 20.5 Å². The van der Waals surface area contributed by atoms with Crippen LogP contribution in [0.3, 0.4) is 0 Å². The van der Waals surface area contributed by atoms with Crippen LogP contribution < -0.4 is 25.2 Å². The Bertz CT molecular complexity index is 2790. The number of ether oxygens (including phenoxy) is 2. The molecule has 0 aliphatic carbocycles. The first-order chi connectivity index (χ1) is 34.2. The lowest BCUT2D eigenvalue weighted by Crippen LogP contribution is -2.58. The molecule has 5 aromatic rings. The van der Waals surface area contributed by atoms with E-state index in [0.717, 1.165) is 49.9 Å². The first-order valence-electron chi connectivity index (χ1n) is 23.8. The van der Waals surface area contributed by atoms with Gasteiger partial charge in [-0.05, 0) is 116 Å². The summed E-state index contributed by atoms with van der Waals surface area (Å²) in [6.07, 6.45) is -3.11. The first kappa shape index (κ1) is 54.6. The molecule has 2 aliphatic rings. The molecule has 4 aromatic carbocycles.